The van der Waals surface area contributed by atoms with E-state index in [1.165, 1.54) is 5.57 Å². The van der Waals surface area contributed by atoms with E-state index < -0.39 is 0 Å². The molecule has 1 N–H and O–H groups in total. The molecule has 0 aliphatic carbocycles. The molecule has 0 amide bonds. The molecule has 2 nitrogen and oxygen atoms in total. The van der Waals surface area contributed by atoms with E-state index in [0.29, 0.717) is 0 Å². The summed E-state index contributed by atoms with van der Waals surface area (Å²) in [4.78, 5) is 4.29. The Labute approximate surface area is 93.6 Å². The molecule has 0 aliphatic heterocycles. The lowest BCUT2D eigenvalue weighted by molar-refractivity contribution is 1.18. The number of anilines is 1. The number of halogens is 1. The van der Waals surface area contributed by atoms with Crippen LogP contribution in [0.4, 0.5) is 5.82 Å². The Morgan fingerprint density at radius 2 is 2.29 bits per heavy atom. The molecule has 1 rings (SSSR count). The molecule has 0 spiro atoms. The molecule has 14 heavy (non-hydrogen) atoms. The van der Waals surface area contributed by atoms with Gasteiger partial charge in [0.15, 0.2) is 0 Å². The van der Waals surface area contributed by atoms with Gasteiger partial charge < -0.3 is 5.32 Å². The second kappa shape index (κ2) is 5.15. The van der Waals surface area contributed by atoms with Crippen LogP contribution in [0.2, 0.25) is 0 Å². The Morgan fingerprint density at radius 3 is 2.86 bits per heavy atom. The number of pyridine rings is 1. The van der Waals surface area contributed by atoms with E-state index in [0.717, 1.165) is 22.4 Å². The normalized spacial score (nSPS) is 9.71. The summed E-state index contributed by atoms with van der Waals surface area (Å²) < 4.78 is 1.01. The van der Waals surface area contributed by atoms with Crippen molar-refractivity contribution in [1.29, 1.82) is 0 Å². The molecule has 1 aromatic heterocycles. The van der Waals surface area contributed by atoms with Crippen LogP contribution in [-0.2, 0) is 0 Å². The van der Waals surface area contributed by atoms with Crippen LogP contribution in [0.1, 0.15) is 19.4 Å². The topological polar surface area (TPSA) is 24.9 Å². The average molecular weight is 255 g/mol. The second-order valence-corrected chi connectivity index (χ2v) is 4.36. The summed E-state index contributed by atoms with van der Waals surface area (Å²) in [6.07, 6.45) is 3.99. The summed E-state index contributed by atoms with van der Waals surface area (Å²) in [6, 6.07) is 2.05. The van der Waals surface area contributed by atoms with Crippen LogP contribution in [0.15, 0.2) is 28.4 Å². The highest BCUT2D eigenvalue weighted by Gasteiger charge is 1.98. The lowest BCUT2D eigenvalue weighted by atomic mass is 10.3. The number of hydrogen-bond donors (Lipinski definition) is 1. The van der Waals surface area contributed by atoms with Crippen molar-refractivity contribution in [3.8, 4) is 0 Å². The van der Waals surface area contributed by atoms with Crippen LogP contribution in [0.3, 0.4) is 0 Å². The van der Waals surface area contributed by atoms with Crippen LogP contribution in [-0.4, -0.2) is 11.5 Å². The minimum Gasteiger partial charge on any atom is -0.366 e. The highest BCUT2D eigenvalue weighted by Crippen LogP contribution is 2.20. The zero-order chi connectivity index (χ0) is 10.6. The van der Waals surface area contributed by atoms with Crippen molar-refractivity contribution in [3.63, 3.8) is 0 Å². The van der Waals surface area contributed by atoms with E-state index in [9.17, 15) is 0 Å². The van der Waals surface area contributed by atoms with Crippen LogP contribution in [0.25, 0.3) is 0 Å². The largest absolute Gasteiger partial charge is 0.366 e. The molecule has 0 saturated heterocycles. The second-order valence-electron chi connectivity index (χ2n) is 3.51. The molecule has 1 heterocycles. The summed E-state index contributed by atoms with van der Waals surface area (Å²) in [5.74, 6) is 0.896. The van der Waals surface area contributed by atoms with Crippen molar-refractivity contribution >= 4 is 21.7 Å². The molecule has 0 bridgehead atoms. The quantitative estimate of drug-likeness (QED) is 0.836. The maximum absolute atomic E-state index is 4.29. The monoisotopic (exact) mass is 254 g/mol. The Balaban J connectivity index is 2.64. The Hall–Kier alpha value is -0.830. The predicted molar refractivity (Wildman–Crippen MR) is 64.6 cm³/mol. The Kier molecular flexibility index (Phi) is 4.14. The van der Waals surface area contributed by atoms with Crippen LogP contribution >= 0.6 is 15.9 Å². The van der Waals surface area contributed by atoms with Gasteiger partial charge in [0, 0.05) is 12.7 Å². The molecular weight excluding hydrogens is 240 g/mol. The van der Waals surface area contributed by atoms with Crippen LogP contribution in [0.5, 0.6) is 0 Å². The average Bonchev–Trinajstić information content (AvgIpc) is 2.08. The SMILES string of the molecule is CC(C)=CCNc1ncc(C)cc1Br. The van der Waals surface area contributed by atoms with Gasteiger partial charge in [-0.2, -0.15) is 0 Å². The number of nitrogens with zero attached hydrogens (tertiary/aromatic N) is 1. The van der Waals surface area contributed by atoms with E-state index in [4.69, 9.17) is 0 Å². The Morgan fingerprint density at radius 1 is 1.57 bits per heavy atom. The summed E-state index contributed by atoms with van der Waals surface area (Å²) in [6.45, 7) is 7.01. The molecule has 0 saturated carbocycles. The summed E-state index contributed by atoms with van der Waals surface area (Å²) in [7, 11) is 0. The van der Waals surface area contributed by atoms with Crippen LogP contribution < -0.4 is 5.32 Å². The lowest BCUT2D eigenvalue weighted by Gasteiger charge is -2.05. The van der Waals surface area contributed by atoms with Gasteiger partial charge in [-0.05, 0) is 48.3 Å². The van der Waals surface area contributed by atoms with Gasteiger partial charge in [0.25, 0.3) is 0 Å². The maximum atomic E-state index is 4.29. The zero-order valence-corrected chi connectivity index (χ0v) is 10.4. The molecule has 0 unspecified atom stereocenters. The number of aromatic nitrogens is 1. The fourth-order valence-electron chi connectivity index (χ4n) is 1.02. The molecule has 0 aliphatic rings. The number of nitrogens with one attached hydrogen (secondary N) is 1. The van der Waals surface area contributed by atoms with Gasteiger partial charge in [-0.1, -0.05) is 11.6 Å². The van der Waals surface area contributed by atoms with E-state index in [1.807, 2.05) is 13.1 Å². The van der Waals surface area contributed by atoms with Gasteiger partial charge >= 0.3 is 0 Å². The van der Waals surface area contributed by atoms with Gasteiger partial charge in [0.2, 0.25) is 0 Å². The van der Waals surface area contributed by atoms with Gasteiger partial charge in [0.05, 0.1) is 4.47 Å². The third kappa shape index (κ3) is 3.50. The molecule has 0 aromatic carbocycles. The van der Waals surface area contributed by atoms with Gasteiger partial charge in [0.1, 0.15) is 5.82 Å². The van der Waals surface area contributed by atoms with Crippen molar-refractivity contribution in [3.05, 3.63) is 33.9 Å². The fourth-order valence-corrected chi connectivity index (χ4v) is 1.62. The molecule has 0 fully saturated rings. The smallest absolute Gasteiger partial charge is 0.140 e. The van der Waals surface area contributed by atoms with Gasteiger partial charge in [-0.3, -0.25) is 0 Å². The molecule has 3 heteroatoms. The fraction of sp³-hybridized carbons (Fsp3) is 0.364. The molecular formula is C11H15BrN2. The summed E-state index contributed by atoms with van der Waals surface area (Å²) in [5.41, 5.74) is 2.46. The number of allylic oxidation sites excluding steroid dienone is 1. The minimum absolute atomic E-state index is 0.816. The van der Waals surface area contributed by atoms with E-state index in [-0.39, 0.29) is 0 Å². The summed E-state index contributed by atoms with van der Waals surface area (Å²) >= 11 is 3.47. The van der Waals surface area contributed by atoms with Crippen molar-refractivity contribution in [2.75, 3.05) is 11.9 Å². The molecule has 76 valence electrons. The molecule has 1 aromatic rings. The first-order valence-corrected chi connectivity index (χ1v) is 5.38. The zero-order valence-electron chi connectivity index (χ0n) is 8.76. The Bertz CT molecular complexity index is 341. The first kappa shape index (κ1) is 11.2. The predicted octanol–water partition coefficient (Wildman–Crippen LogP) is 3.53. The van der Waals surface area contributed by atoms with E-state index >= 15 is 0 Å². The van der Waals surface area contributed by atoms with E-state index in [1.54, 1.807) is 0 Å². The number of rotatable bonds is 3. The van der Waals surface area contributed by atoms with E-state index in [2.05, 4.69) is 52.2 Å². The van der Waals surface area contributed by atoms with Crippen molar-refractivity contribution in [1.82, 2.24) is 4.98 Å². The lowest BCUT2D eigenvalue weighted by Crippen LogP contribution is -2.01. The van der Waals surface area contributed by atoms with Crippen molar-refractivity contribution < 1.29 is 0 Å². The third-order valence-corrected chi connectivity index (χ3v) is 2.36. The number of aryl methyl sites for hydroxylation is 1. The molecule has 0 radical (unpaired) electrons. The minimum atomic E-state index is 0.816. The summed E-state index contributed by atoms with van der Waals surface area (Å²) in [5, 5.41) is 3.24. The highest BCUT2D eigenvalue weighted by atomic mass is 79.9. The van der Waals surface area contributed by atoms with Gasteiger partial charge in [-0.25, -0.2) is 4.98 Å². The van der Waals surface area contributed by atoms with Crippen LogP contribution in [0, 0.1) is 6.92 Å². The maximum Gasteiger partial charge on any atom is 0.140 e. The first-order chi connectivity index (χ1) is 6.59. The standard InChI is InChI=1S/C11H15BrN2/c1-8(2)4-5-13-11-10(12)6-9(3)7-14-11/h4,6-7H,5H2,1-3H3,(H,13,14). The first-order valence-electron chi connectivity index (χ1n) is 4.59. The van der Waals surface area contributed by atoms with Crippen molar-refractivity contribution in [2.45, 2.75) is 20.8 Å². The molecule has 0 atom stereocenters. The van der Waals surface area contributed by atoms with Gasteiger partial charge in [-0.15, -0.1) is 0 Å². The van der Waals surface area contributed by atoms with Crippen molar-refractivity contribution in [2.24, 2.45) is 0 Å². The third-order valence-electron chi connectivity index (χ3n) is 1.76. The highest BCUT2D eigenvalue weighted by molar-refractivity contribution is 9.10. The number of hydrogen-bond acceptors (Lipinski definition) is 2.